The van der Waals surface area contributed by atoms with E-state index >= 15 is 0 Å². The van der Waals surface area contributed by atoms with Gasteiger partial charge in [-0.25, -0.2) is 0 Å². The number of hydrogen-bond acceptors (Lipinski definition) is 5. The first-order valence-corrected chi connectivity index (χ1v) is 11.8. The summed E-state index contributed by atoms with van der Waals surface area (Å²) in [7, 11) is 4.74. The number of nitrogens with zero attached hydrogens (tertiary/aromatic N) is 2. The molecule has 7 heteroatoms. The summed E-state index contributed by atoms with van der Waals surface area (Å²) in [6.45, 7) is 1.18. The van der Waals surface area contributed by atoms with Gasteiger partial charge < -0.3 is 19.5 Å². The number of methoxy groups -OCH3 is 3. The van der Waals surface area contributed by atoms with Gasteiger partial charge in [0.25, 0.3) is 0 Å². The molecule has 0 radical (unpaired) electrons. The minimum atomic E-state index is -0.0313. The number of carbonyl (C=O) groups excluding carboxylic acids is 1. The van der Waals surface area contributed by atoms with Crippen LogP contribution >= 0.6 is 0 Å². The summed E-state index contributed by atoms with van der Waals surface area (Å²) in [6, 6.07) is 22.2. The van der Waals surface area contributed by atoms with Gasteiger partial charge in [-0.3, -0.25) is 9.48 Å². The largest absolute Gasteiger partial charge is 0.493 e. The number of hydrogen-bond donors (Lipinski definition) is 1. The molecule has 0 aliphatic carbocycles. The van der Waals surface area contributed by atoms with Crippen molar-refractivity contribution in [1.29, 1.82) is 0 Å². The first kappa shape index (κ1) is 24.9. The molecule has 7 nitrogen and oxygen atoms in total. The molecule has 36 heavy (non-hydrogen) atoms. The molecule has 0 aliphatic rings. The van der Waals surface area contributed by atoms with Crippen molar-refractivity contribution in [2.45, 2.75) is 25.9 Å². The number of nitrogens with one attached hydrogen (secondary N) is 1. The van der Waals surface area contributed by atoms with Crippen LogP contribution < -0.4 is 19.5 Å². The average Bonchev–Trinajstić information content (AvgIpc) is 3.43. The molecule has 4 rings (SSSR count). The van der Waals surface area contributed by atoms with Crippen LogP contribution in [0.5, 0.6) is 17.2 Å². The smallest absolute Gasteiger partial charge is 0.220 e. The van der Waals surface area contributed by atoms with Crippen molar-refractivity contribution in [3.8, 4) is 28.4 Å². The van der Waals surface area contributed by atoms with E-state index in [1.165, 1.54) is 5.56 Å². The Balaban J connectivity index is 1.38. The molecule has 0 saturated heterocycles. The summed E-state index contributed by atoms with van der Waals surface area (Å²) in [5, 5.41) is 7.33. The van der Waals surface area contributed by atoms with Crippen LogP contribution in [-0.4, -0.2) is 37.0 Å². The van der Waals surface area contributed by atoms with Gasteiger partial charge >= 0.3 is 0 Å². The maximum Gasteiger partial charge on any atom is 0.220 e. The number of rotatable bonds is 11. The first-order chi connectivity index (χ1) is 17.6. The second-order valence-corrected chi connectivity index (χ2v) is 8.33. The van der Waals surface area contributed by atoms with Crippen LogP contribution in [0.15, 0.2) is 79.1 Å². The zero-order valence-electron chi connectivity index (χ0n) is 20.9. The molecule has 0 aliphatic heterocycles. The molecule has 1 aromatic heterocycles. The third-order valence-corrected chi connectivity index (χ3v) is 6.07. The van der Waals surface area contributed by atoms with Crippen molar-refractivity contribution in [2.75, 3.05) is 21.3 Å². The van der Waals surface area contributed by atoms with Crippen LogP contribution in [0.4, 0.5) is 0 Å². The van der Waals surface area contributed by atoms with E-state index in [9.17, 15) is 4.79 Å². The lowest BCUT2D eigenvalue weighted by molar-refractivity contribution is -0.121. The zero-order valence-corrected chi connectivity index (χ0v) is 20.9. The Bertz CT molecular complexity index is 1280. The average molecular weight is 486 g/mol. The summed E-state index contributed by atoms with van der Waals surface area (Å²) >= 11 is 0. The Morgan fingerprint density at radius 2 is 1.64 bits per heavy atom. The summed E-state index contributed by atoms with van der Waals surface area (Å²) < 4.78 is 18.2. The van der Waals surface area contributed by atoms with E-state index in [1.54, 1.807) is 27.5 Å². The van der Waals surface area contributed by atoms with Crippen molar-refractivity contribution in [1.82, 2.24) is 15.1 Å². The number of ether oxygens (including phenoxy) is 3. The van der Waals surface area contributed by atoms with E-state index in [1.807, 2.05) is 47.3 Å². The van der Waals surface area contributed by atoms with Crippen LogP contribution in [0.25, 0.3) is 11.1 Å². The minimum absolute atomic E-state index is 0.0313. The molecule has 0 fully saturated rings. The normalized spacial score (nSPS) is 10.6. The zero-order chi connectivity index (χ0) is 25.3. The number of benzene rings is 3. The summed E-state index contributed by atoms with van der Waals surface area (Å²) in [4.78, 5) is 12.7. The fourth-order valence-electron chi connectivity index (χ4n) is 4.22. The second-order valence-electron chi connectivity index (χ2n) is 8.33. The highest BCUT2D eigenvalue weighted by atomic mass is 16.5. The van der Waals surface area contributed by atoms with E-state index in [0.29, 0.717) is 36.6 Å². The number of carbonyl (C=O) groups is 1. The Kier molecular flexibility index (Phi) is 8.24. The maximum atomic E-state index is 12.7. The molecule has 1 N–H and O–H groups in total. The molecule has 0 saturated carbocycles. The third-order valence-electron chi connectivity index (χ3n) is 6.07. The van der Waals surface area contributed by atoms with Crippen molar-refractivity contribution in [3.63, 3.8) is 0 Å². The second kappa shape index (κ2) is 11.9. The number of amides is 1. The van der Waals surface area contributed by atoms with E-state index in [0.717, 1.165) is 28.8 Å². The van der Waals surface area contributed by atoms with E-state index in [-0.39, 0.29) is 5.91 Å². The van der Waals surface area contributed by atoms with E-state index < -0.39 is 0 Å². The lowest BCUT2D eigenvalue weighted by atomic mass is 9.98. The Morgan fingerprint density at radius 3 is 2.33 bits per heavy atom. The van der Waals surface area contributed by atoms with Crippen LogP contribution in [0.3, 0.4) is 0 Å². The van der Waals surface area contributed by atoms with Gasteiger partial charge in [-0.1, -0.05) is 54.6 Å². The van der Waals surface area contributed by atoms with Gasteiger partial charge in [-0.15, -0.1) is 0 Å². The molecule has 186 valence electrons. The van der Waals surface area contributed by atoms with Gasteiger partial charge in [-0.2, -0.15) is 5.10 Å². The first-order valence-electron chi connectivity index (χ1n) is 11.8. The maximum absolute atomic E-state index is 12.7. The van der Waals surface area contributed by atoms with Crippen molar-refractivity contribution in [2.24, 2.45) is 0 Å². The molecule has 0 atom stereocenters. The quantitative estimate of drug-likeness (QED) is 0.328. The molecule has 3 aromatic carbocycles. The summed E-state index contributed by atoms with van der Waals surface area (Å²) in [6.07, 6.45) is 4.58. The molecule has 4 aromatic rings. The van der Waals surface area contributed by atoms with Gasteiger partial charge in [0.2, 0.25) is 11.7 Å². The van der Waals surface area contributed by atoms with Gasteiger partial charge in [0.15, 0.2) is 11.5 Å². The lowest BCUT2D eigenvalue weighted by Crippen LogP contribution is -2.23. The number of aryl methyl sites for hydroxylation is 1. The standard InChI is InChI=1S/C29H31N3O4/c1-34-26-15-13-23(28(35-2)29(26)36-3)14-16-27(33)30-19-24-7-4-5-8-25(24)22-11-9-21(10-12-22)20-32-18-6-17-31-32/h4-13,15,17-18H,14,16,19-20H2,1-3H3,(H,30,33). The molecule has 0 spiro atoms. The third kappa shape index (κ3) is 5.86. The molecular formula is C29H31N3O4. The Hall–Kier alpha value is -4.26. The molecule has 0 bridgehead atoms. The summed E-state index contributed by atoms with van der Waals surface area (Å²) in [5.74, 6) is 1.68. The molecule has 0 unspecified atom stereocenters. The Labute approximate surface area is 211 Å². The highest BCUT2D eigenvalue weighted by molar-refractivity contribution is 5.77. The highest BCUT2D eigenvalue weighted by Crippen LogP contribution is 2.40. The fourth-order valence-corrected chi connectivity index (χ4v) is 4.22. The van der Waals surface area contributed by atoms with Gasteiger partial charge in [0.1, 0.15) is 0 Å². The summed E-state index contributed by atoms with van der Waals surface area (Å²) in [5.41, 5.74) is 5.35. The predicted molar refractivity (Wildman–Crippen MR) is 139 cm³/mol. The number of aromatic nitrogens is 2. The van der Waals surface area contributed by atoms with E-state index in [2.05, 4.69) is 40.7 Å². The monoisotopic (exact) mass is 485 g/mol. The topological polar surface area (TPSA) is 74.6 Å². The molecule has 1 amide bonds. The minimum Gasteiger partial charge on any atom is -0.493 e. The Morgan fingerprint density at radius 1 is 0.861 bits per heavy atom. The molecular weight excluding hydrogens is 454 g/mol. The highest BCUT2D eigenvalue weighted by Gasteiger charge is 2.16. The fraction of sp³-hybridized carbons (Fsp3) is 0.241. The van der Waals surface area contributed by atoms with Crippen LogP contribution in [0.1, 0.15) is 23.1 Å². The van der Waals surface area contributed by atoms with Crippen LogP contribution in [-0.2, 0) is 24.3 Å². The van der Waals surface area contributed by atoms with Gasteiger partial charge in [0, 0.05) is 25.4 Å². The van der Waals surface area contributed by atoms with Crippen LogP contribution in [0.2, 0.25) is 0 Å². The predicted octanol–water partition coefficient (Wildman–Crippen LogP) is 4.87. The van der Waals surface area contributed by atoms with E-state index in [4.69, 9.17) is 14.2 Å². The van der Waals surface area contributed by atoms with Crippen molar-refractivity contribution in [3.05, 3.63) is 95.8 Å². The van der Waals surface area contributed by atoms with Gasteiger partial charge in [-0.05, 0) is 46.4 Å². The lowest BCUT2D eigenvalue weighted by Gasteiger charge is -2.16. The van der Waals surface area contributed by atoms with Crippen LogP contribution in [0, 0.1) is 0 Å². The van der Waals surface area contributed by atoms with Crippen molar-refractivity contribution >= 4 is 5.91 Å². The SMILES string of the molecule is COc1ccc(CCC(=O)NCc2ccccc2-c2ccc(Cn3cccn3)cc2)c(OC)c1OC. The van der Waals surface area contributed by atoms with Gasteiger partial charge in [0.05, 0.1) is 27.9 Å². The molecule has 1 heterocycles. The van der Waals surface area contributed by atoms with Crippen molar-refractivity contribution < 1.29 is 19.0 Å².